The Morgan fingerprint density at radius 1 is 1.41 bits per heavy atom. The average Bonchev–Trinajstić information content (AvgIpc) is 2.51. The SMILES string of the molecule is C[C@H]1O[C@@H]([15n]2[13cH][13c](F)[13c](=O)[15nH][13c]2=O)[C@H](O)[C@@H]1O. The smallest absolute Gasteiger partial charge is 0.330 e. The molecule has 1 saturated heterocycles. The second kappa shape index (κ2) is 4.06. The summed E-state index contributed by atoms with van der Waals surface area (Å²) in [7, 11) is 0. The summed E-state index contributed by atoms with van der Waals surface area (Å²) in [6.45, 7) is 1.50. The van der Waals surface area contributed by atoms with Crippen molar-refractivity contribution in [3.63, 3.8) is 0 Å². The molecule has 0 unspecified atom stereocenters. The normalized spacial score (nSPS) is 32.9. The monoisotopic (exact) mass is 252 g/mol. The van der Waals surface area contributed by atoms with E-state index < -0.39 is 41.6 Å². The van der Waals surface area contributed by atoms with Gasteiger partial charge in [0.15, 0.2) is 6.23 Å². The Hall–Kier alpha value is -1.51. The molecule has 3 N–H and O–H groups in total. The summed E-state index contributed by atoms with van der Waals surface area (Å²) in [6, 6.07) is 0. The topological polar surface area (TPSA) is 105 Å². The highest BCUT2D eigenvalue weighted by atomic mass is 19.2. The van der Waals surface area contributed by atoms with E-state index in [2.05, 4.69) is 0 Å². The van der Waals surface area contributed by atoms with Gasteiger partial charge in [-0.05, 0) is 6.92 Å². The third-order valence-electron chi connectivity index (χ3n) is 2.68. The van der Waals surface area contributed by atoms with Crippen LogP contribution >= 0.6 is 0 Å². The number of halogens is 1. The van der Waals surface area contributed by atoms with Crippen molar-refractivity contribution in [2.24, 2.45) is 0 Å². The van der Waals surface area contributed by atoms with Crippen molar-refractivity contribution in [2.45, 2.75) is 31.5 Å². The molecule has 17 heavy (non-hydrogen) atoms. The molecule has 4 atom stereocenters. The molecule has 0 saturated carbocycles. The van der Waals surface area contributed by atoms with Gasteiger partial charge >= 0.3 is 5.69 Å². The zero-order valence-corrected chi connectivity index (χ0v) is 8.83. The second-order valence-corrected chi connectivity index (χ2v) is 3.86. The number of rotatable bonds is 1. The third-order valence-corrected chi connectivity index (χ3v) is 2.68. The molecule has 1 fully saturated rings. The number of nitrogens with zero attached hydrogens (tertiary/aromatic N) is 1. The number of aromatic nitrogens is 2. The Kier molecular flexibility index (Phi) is 2.86. The van der Waals surface area contributed by atoms with Crippen molar-refractivity contribution < 1.29 is 19.3 Å². The van der Waals surface area contributed by atoms with Crippen LogP contribution in [0.1, 0.15) is 13.2 Å². The van der Waals surface area contributed by atoms with Crippen LogP contribution in [0, 0.1) is 5.82 Å². The summed E-state index contributed by atoms with van der Waals surface area (Å²) in [4.78, 5) is 24.0. The Bertz CT molecular complexity index is 539. The van der Waals surface area contributed by atoms with Crippen molar-refractivity contribution in [3.05, 3.63) is 32.9 Å². The van der Waals surface area contributed by atoms with Crippen LogP contribution in [0.5, 0.6) is 0 Å². The highest BCUT2D eigenvalue weighted by molar-refractivity contribution is 4.93. The largest absolute Gasteiger partial charge is 0.388 e. The van der Waals surface area contributed by atoms with Crippen LogP contribution in [0.3, 0.4) is 0 Å². The van der Waals surface area contributed by atoms with Gasteiger partial charge in [-0.15, -0.1) is 0 Å². The Balaban J connectivity index is 2.46. The van der Waals surface area contributed by atoms with Crippen molar-refractivity contribution >= 4 is 0 Å². The van der Waals surface area contributed by atoms with Crippen LogP contribution in [0.15, 0.2) is 15.8 Å². The standard InChI is InChI=1S/C9H11FN2O5/c1-3-5(13)6(14)8(17-3)12-2-4(10)7(15)11-9(12)16/h2-3,5-6,8,13-14H,1H3,(H,11,15,16)/t3-,5-,6-,8-/m1/s1/i2+1,4+1,7+1,9+1,11+1,12+1. The zero-order chi connectivity index (χ0) is 12.7. The molecule has 0 spiro atoms. The number of aliphatic hydroxyl groups is 2. The fourth-order valence-electron chi connectivity index (χ4n) is 1.71. The van der Waals surface area contributed by atoms with Gasteiger partial charge in [0, 0.05) is 0 Å². The van der Waals surface area contributed by atoms with Gasteiger partial charge in [0.05, 0.1) is 12.3 Å². The van der Waals surface area contributed by atoms with Crippen LogP contribution in [-0.4, -0.2) is 38.1 Å². The van der Waals surface area contributed by atoms with E-state index in [4.69, 9.17) is 4.74 Å². The minimum Gasteiger partial charge on any atom is -0.388 e. The maximum absolute atomic E-state index is 13.0. The number of nitrogens with one attached hydrogen (secondary N) is 1. The predicted molar refractivity (Wildman–Crippen MR) is 52.9 cm³/mol. The van der Waals surface area contributed by atoms with E-state index in [9.17, 15) is 24.2 Å². The van der Waals surface area contributed by atoms with E-state index in [1.54, 1.807) is 4.98 Å². The fraction of sp³-hybridized carbons (Fsp3) is 0.556. The minimum atomic E-state index is -1.37. The molecule has 8 heteroatoms. The van der Waals surface area contributed by atoms with E-state index in [1.807, 2.05) is 0 Å². The number of hydrogen-bond acceptors (Lipinski definition) is 5. The van der Waals surface area contributed by atoms with Gasteiger partial charge in [-0.3, -0.25) is 14.3 Å². The molecule has 2 heterocycles. The van der Waals surface area contributed by atoms with Crippen molar-refractivity contribution in [1.82, 2.24) is 9.55 Å². The lowest BCUT2D eigenvalue weighted by Gasteiger charge is -2.16. The van der Waals surface area contributed by atoms with Gasteiger partial charge in [0.1, 0.15) is 12.2 Å². The Labute approximate surface area is 94.1 Å². The van der Waals surface area contributed by atoms with Crippen LogP contribution in [0.25, 0.3) is 0 Å². The first-order valence-electron chi connectivity index (χ1n) is 4.94. The van der Waals surface area contributed by atoms with Crippen LogP contribution in [0.2, 0.25) is 0 Å². The lowest BCUT2D eigenvalue weighted by Crippen LogP contribution is -2.38. The van der Waals surface area contributed by atoms with E-state index in [0.29, 0.717) is 10.8 Å². The second-order valence-electron chi connectivity index (χ2n) is 3.86. The highest BCUT2D eigenvalue weighted by Gasteiger charge is 2.41. The molecule has 94 valence electrons. The summed E-state index contributed by atoms with van der Waals surface area (Å²) in [5, 5.41) is 19.1. The molecule has 0 amide bonds. The molecule has 0 bridgehead atoms. The maximum atomic E-state index is 13.0. The molecule has 0 aromatic carbocycles. The van der Waals surface area contributed by atoms with Gasteiger partial charge in [-0.1, -0.05) is 0 Å². The van der Waals surface area contributed by atoms with Crippen LogP contribution < -0.4 is 11.2 Å². The quantitative estimate of drug-likeness (QED) is 0.553. The van der Waals surface area contributed by atoms with Crippen LogP contribution in [-0.2, 0) is 4.74 Å². The van der Waals surface area contributed by atoms with Crippen molar-refractivity contribution in [1.29, 1.82) is 0 Å². The molecular formula is C9H11FN2O5. The Morgan fingerprint density at radius 3 is 2.59 bits per heavy atom. The number of aromatic amines is 1. The van der Waals surface area contributed by atoms with Crippen LogP contribution in [0.4, 0.5) is 4.39 Å². The molecule has 1 aliphatic heterocycles. The van der Waals surface area contributed by atoms with Gasteiger partial charge in [-0.2, -0.15) is 4.39 Å². The Morgan fingerprint density at radius 2 is 2.06 bits per heavy atom. The number of ether oxygens (including phenoxy) is 1. The van der Waals surface area contributed by atoms with E-state index in [1.165, 1.54) is 6.92 Å². The minimum absolute atomic E-state index is 0.639. The van der Waals surface area contributed by atoms with E-state index in [-0.39, 0.29) is 0 Å². The molecule has 1 aliphatic rings. The van der Waals surface area contributed by atoms with Gasteiger partial charge in [-0.25, -0.2) is 4.79 Å². The summed E-state index contributed by atoms with van der Waals surface area (Å²) in [5.41, 5.74) is -2.06. The molecule has 0 aliphatic carbocycles. The maximum Gasteiger partial charge on any atom is 0.330 e. The number of aliphatic hydroxyl groups excluding tert-OH is 2. The first-order valence-corrected chi connectivity index (χ1v) is 4.94. The molecule has 1 aromatic rings. The van der Waals surface area contributed by atoms with Gasteiger partial charge < -0.3 is 14.9 Å². The first kappa shape index (κ1) is 12.0. The lowest BCUT2D eigenvalue weighted by atomic mass is 10.2. The summed E-state index contributed by atoms with van der Waals surface area (Å²) in [5.74, 6) is -1.17. The van der Waals surface area contributed by atoms with E-state index >= 15 is 0 Å². The summed E-state index contributed by atoms with van der Waals surface area (Å²) >= 11 is 0. The molecular weight excluding hydrogens is 241 g/mol. The number of hydrogen-bond donors (Lipinski definition) is 3. The zero-order valence-electron chi connectivity index (χ0n) is 8.83. The average molecular weight is 252 g/mol. The first-order chi connectivity index (χ1) is 7.91. The third kappa shape index (κ3) is 1.90. The molecule has 0 radical (unpaired) electrons. The highest BCUT2D eigenvalue weighted by Crippen LogP contribution is 2.27. The van der Waals surface area contributed by atoms with E-state index in [0.717, 1.165) is 0 Å². The summed E-state index contributed by atoms with van der Waals surface area (Å²) in [6.07, 6.45) is -3.83. The van der Waals surface area contributed by atoms with Crippen molar-refractivity contribution in [3.8, 4) is 0 Å². The van der Waals surface area contributed by atoms with Gasteiger partial charge in [0.25, 0.3) is 5.56 Å². The number of H-pyrrole nitrogens is 1. The van der Waals surface area contributed by atoms with Gasteiger partial charge in [0.2, 0.25) is 5.82 Å². The fourth-order valence-corrected chi connectivity index (χ4v) is 1.71. The molecule has 7 nitrogen and oxygen atoms in total. The predicted octanol–water partition coefficient (Wildman–Crippen LogP) is -1.69. The van der Waals surface area contributed by atoms with Crippen molar-refractivity contribution in [2.75, 3.05) is 0 Å². The lowest BCUT2D eigenvalue weighted by molar-refractivity contribution is -0.0356. The molecule has 1 aromatic heterocycles. The molecule has 2 rings (SSSR count). The summed E-state index contributed by atoms with van der Waals surface area (Å²) < 4.78 is 18.9.